The van der Waals surface area contributed by atoms with Crippen LogP contribution in [0.1, 0.15) is 16.8 Å². The molecule has 0 aliphatic carbocycles. The highest BCUT2D eigenvalue weighted by Gasteiger charge is 2.16. The number of carbonyl (C=O) groups excluding carboxylic acids is 1. The van der Waals surface area contributed by atoms with Crippen LogP contribution in [0, 0.1) is 0 Å². The van der Waals surface area contributed by atoms with Crippen molar-refractivity contribution in [3.63, 3.8) is 0 Å². The van der Waals surface area contributed by atoms with Crippen molar-refractivity contribution in [1.29, 1.82) is 0 Å². The lowest BCUT2D eigenvalue weighted by molar-refractivity contribution is 0.1000. The summed E-state index contributed by atoms with van der Waals surface area (Å²) < 4.78 is 0. The Kier molecular flexibility index (Phi) is 2.47. The second-order valence-electron chi connectivity index (χ2n) is 3.43. The van der Waals surface area contributed by atoms with Crippen LogP contribution in [-0.2, 0) is 4.84 Å². The molecule has 1 aromatic rings. The van der Waals surface area contributed by atoms with Gasteiger partial charge in [-0.05, 0) is 24.6 Å². The van der Waals surface area contributed by atoms with Crippen LogP contribution in [0.15, 0.2) is 18.2 Å². The SMILES string of the molecule is NC(=O)c1ccc(N2CCCO2)c(N)c1. The van der Waals surface area contributed by atoms with Crippen molar-refractivity contribution >= 4 is 17.3 Å². The fraction of sp³-hybridized carbons (Fsp3) is 0.300. The zero-order valence-electron chi connectivity index (χ0n) is 8.27. The van der Waals surface area contributed by atoms with Crippen LogP contribution in [0.5, 0.6) is 0 Å². The van der Waals surface area contributed by atoms with Crippen LogP contribution < -0.4 is 16.5 Å². The Labute approximate surface area is 87.6 Å². The molecule has 1 saturated heterocycles. The largest absolute Gasteiger partial charge is 0.397 e. The molecule has 0 spiro atoms. The van der Waals surface area contributed by atoms with Gasteiger partial charge in [0.05, 0.1) is 18.0 Å². The molecular formula is C10H13N3O2. The molecule has 5 nitrogen and oxygen atoms in total. The average molecular weight is 207 g/mol. The highest BCUT2D eigenvalue weighted by molar-refractivity contribution is 5.94. The molecular weight excluding hydrogens is 194 g/mol. The Bertz CT molecular complexity index is 386. The van der Waals surface area contributed by atoms with Gasteiger partial charge in [0, 0.05) is 12.1 Å². The molecule has 0 aromatic heterocycles. The van der Waals surface area contributed by atoms with Crippen molar-refractivity contribution in [3.05, 3.63) is 23.8 Å². The molecule has 1 heterocycles. The second kappa shape index (κ2) is 3.78. The summed E-state index contributed by atoms with van der Waals surface area (Å²) in [6, 6.07) is 4.97. The van der Waals surface area contributed by atoms with Crippen molar-refractivity contribution in [2.24, 2.45) is 5.73 Å². The Morgan fingerprint density at radius 1 is 1.47 bits per heavy atom. The van der Waals surface area contributed by atoms with Crippen LogP contribution in [0.4, 0.5) is 11.4 Å². The zero-order chi connectivity index (χ0) is 10.8. The summed E-state index contributed by atoms with van der Waals surface area (Å²) in [7, 11) is 0. The van der Waals surface area contributed by atoms with Gasteiger partial charge in [-0.25, -0.2) is 0 Å². The van der Waals surface area contributed by atoms with E-state index in [1.165, 1.54) is 0 Å². The number of hydrogen-bond acceptors (Lipinski definition) is 4. The summed E-state index contributed by atoms with van der Waals surface area (Å²) >= 11 is 0. The molecule has 0 unspecified atom stereocenters. The molecule has 1 fully saturated rings. The molecule has 0 bridgehead atoms. The van der Waals surface area contributed by atoms with E-state index in [1.54, 1.807) is 23.3 Å². The first-order valence-electron chi connectivity index (χ1n) is 4.78. The number of anilines is 2. The number of carbonyl (C=O) groups is 1. The quantitative estimate of drug-likeness (QED) is 0.692. The summed E-state index contributed by atoms with van der Waals surface area (Å²) in [6.07, 6.45) is 0.983. The van der Waals surface area contributed by atoms with E-state index in [1.807, 2.05) is 0 Å². The summed E-state index contributed by atoms with van der Waals surface area (Å²) in [5.41, 5.74) is 12.7. The highest BCUT2D eigenvalue weighted by Crippen LogP contribution is 2.26. The maximum Gasteiger partial charge on any atom is 0.248 e. The van der Waals surface area contributed by atoms with E-state index in [0.29, 0.717) is 17.9 Å². The van der Waals surface area contributed by atoms with E-state index in [2.05, 4.69) is 0 Å². The molecule has 1 aromatic carbocycles. The summed E-state index contributed by atoms with van der Waals surface area (Å²) in [5, 5.41) is 1.74. The average Bonchev–Trinajstić information content (AvgIpc) is 2.70. The summed E-state index contributed by atoms with van der Waals surface area (Å²) in [4.78, 5) is 16.3. The van der Waals surface area contributed by atoms with Gasteiger partial charge in [-0.2, -0.15) is 0 Å². The van der Waals surface area contributed by atoms with Crippen LogP contribution in [-0.4, -0.2) is 19.1 Å². The van der Waals surface area contributed by atoms with Crippen molar-refractivity contribution in [2.75, 3.05) is 23.9 Å². The number of nitrogens with two attached hydrogens (primary N) is 2. The van der Waals surface area contributed by atoms with E-state index in [0.717, 1.165) is 18.7 Å². The number of rotatable bonds is 2. The Balaban J connectivity index is 2.29. The lowest BCUT2D eigenvalue weighted by Crippen LogP contribution is -2.18. The minimum Gasteiger partial charge on any atom is -0.397 e. The maximum atomic E-state index is 10.9. The topological polar surface area (TPSA) is 81.6 Å². The third kappa shape index (κ3) is 1.87. The standard InChI is InChI=1S/C10H13N3O2/c11-8-6-7(10(12)14)2-3-9(8)13-4-1-5-15-13/h2-3,6H,1,4-5,11H2,(H2,12,14). The van der Waals surface area contributed by atoms with Gasteiger partial charge in [0.25, 0.3) is 0 Å². The molecule has 5 heteroatoms. The zero-order valence-corrected chi connectivity index (χ0v) is 8.27. The second-order valence-corrected chi connectivity index (χ2v) is 3.43. The third-order valence-corrected chi connectivity index (χ3v) is 2.33. The fourth-order valence-electron chi connectivity index (χ4n) is 1.57. The van der Waals surface area contributed by atoms with Gasteiger partial charge in [-0.1, -0.05) is 0 Å². The molecule has 0 saturated carbocycles. The van der Waals surface area contributed by atoms with Gasteiger partial charge in [-0.15, -0.1) is 0 Å². The summed E-state index contributed by atoms with van der Waals surface area (Å²) in [5.74, 6) is -0.476. The molecule has 15 heavy (non-hydrogen) atoms. The van der Waals surface area contributed by atoms with E-state index in [9.17, 15) is 4.79 Å². The first-order valence-corrected chi connectivity index (χ1v) is 4.78. The molecule has 80 valence electrons. The normalized spacial score (nSPS) is 15.6. The Morgan fingerprint density at radius 2 is 2.27 bits per heavy atom. The Hall–Kier alpha value is -1.75. The number of primary amides is 1. The van der Waals surface area contributed by atoms with Gasteiger partial charge in [-0.3, -0.25) is 14.7 Å². The van der Waals surface area contributed by atoms with Gasteiger partial charge >= 0.3 is 0 Å². The smallest absolute Gasteiger partial charge is 0.248 e. The van der Waals surface area contributed by atoms with Crippen LogP contribution >= 0.6 is 0 Å². The van der Waals surface area contributed by atoms with E-state index >= 15 is 0 Å². The molecule has 1 aliphatic rings. The molecule has 2 rings (SSSR count). The van der Waals surface area contributed by atoms with E-state index in [-0.39, 0.29) is 0 Å². The van der Waals surface area contributed by atoms with Gasteiger partial charge in [0.15, 0.2) is 0 Å². The van der Waals surface area contributed by atoms with Gasteiger partial charge in [0.1, 0.15) is 0 Å². The van der Waals surface area contributed by atoms with Gasteiger partial charge in [0.2, 0.25) is 5.91 Å². The predicted molar refractivity (Wildman–Crippen MR) is 57.3 cm³/mol. The first-order chi connectivity index (χ1) is 7.18. The minimum absolute atomic E-state index is 0.412. The van der Waals surface area contributed by atoms with Crippen LogP contribution in [0.2, 0.25) is 0 Å². The number of benzene rings is 1. The van der Waals surface area contributed by atoms with Crippen molar-refractivity contribution in [1.82, 2.24) is 0 Å². The van der Waals surface area contributed by atoms with Crippen molar-refractivity contribution < 1.29 is 9.63 Å². The van der Waals surface area contributed by atoms with Crippen molar-refractivity contribution in [2.45, 2.75) is 6.42 Å². The number of nitrogens with zero attached hydrogens (tertiary/aromatic N) is 1. The summed E-state index contributed by atoms with van der Waals surface area (Å²) in [6.45, 7) is 1.52. The van der Waals surface area contributed by atoms with E-state index < -0.39 is 5.91 Å². The number of hydrogen-bond donors (Lipinski definition) is 2. The molecule has 0 atom stereocenters. The molecule has 1 aliphatic heterocycles. The third-order valence-electron chi connectivity index (χ3n) is 2.33. The van der Waals surface area contributed by atoms with Crippen LogP contribution in [0.25, 0.3) is 0 Å². The lowest BCUT2D eigenvalue weighted by Gasteiger charge is -2.18. The fourth-order valence-corrected chi connectivity index (χ4v) is 1.57. The van der Waals surface area contributed by atoms with E-state index in [4.69, 9.17) is 16.3 Å². The number of nitrogen functional groups attached to an aromatic ring is 1. The molecule has 0 radical (unpaired) electrons. The number of amides is 1. The molecule has 4 N–H and O–H groups in total. The van der Waals surface area contributed by atoms with Gasteiger partial charge < -0.3 is 11.5 Å². The molecule has 1 amide bonds. The van der Waals surface area contributed by atoms with Crippen LogP contribution in [0.3, 0.4) is 0 Å². The first kappa shape index (κ1) is 9.79. The Morgan fingerprint density at radius 3 is 2.80 bits per heavy atom. The number of hydroxylamine groups is 1. The monoisotopic (exact) mass is 207 g/mol. The van der Waals surface area contributed by atoms with Crippen molar-refractivity contribution in [3.8, 4) is 0 Å². The lowest BCUT2D eigenvalue weighted by atomic mass is 10.1. The highest BCUT2D eigenvalue weighted by atomic mass is 16.7. The minimum atomic E-state index is -0.476. The predicted octanol–water partition coefficient (Wildman–Crippen LogP) is 0.509. The maximum absolute atomic E-state index is 10.9.